The number of hydrogen-bond acceptors (Lipinski definition) is 3. The van der Waals surface area contributed by atoms with Crippen LogP contribution in [0.2, 0.25) is 0 Å². The molecule has 1 heterocycles. The molecule has 1 fully saturated rings. The van der Waals surface area contributed by atoms with Gasteiger partial charge in [0.2, 0.25) is 0 Å². The maximum Gasteiger partial charge on any atom is 0.138 e. The van der Waals surface area contributed by atoms with E-state index >= 15 is 0 Å². The predicted octanol–water partition coefficient (Wildman–Crippen LogP) is 2.79. The van der Waals surface area contributed by atoms with Crippen molar-refractivity contribution in [2.45, 2.75) is 71.9 Å². The van der Waals surface area contributed by atoms with E-state index in [0.29, 0.717) is 11.5 Å². The Kier molecular flexibility index (Phi) is 4.97. The van der Waals surface area contributed by atoms with Crippen molar-refractivity contribution in [3.8, 4) is 0 Å². The summed E-state index contributed by atoms with van der Waals surface area (Å²) in [5, 5.41) is 8.03. The summed E-state index contributed by atoms with van der Waals surface area (Å²) in [6.45, 7) is 8.63. The van der Waals surface area contributed by atoms with E-state index in [0.717, 1.165) is 25.3 Å². The van der Waals surface area contributed by atoms with Gasteiger partial charge in [-0.25, -0.2) is 4.98 Å². The summed E-state index contributed by atoms with van der Waals surface area (Å²) >= 11 is 0. The molecule has 0 saturated heterocycles. The Balaban J connectivity index is 2.15. The normalized spacial score (nSPS) is 19.7. The van der Waals surface area contributed by atoms with Crippen molar-refractivity contribution in [2.24, 2.45) is 5.41 Å². The zero-order valence-electron chi connectivity index (χ0n) is 12.7. The monoisotopic (exact) mass is 264 g/mol. The lowest BCUT2D eigenvalue weighted by Gasteiger charge is -2.37. The Bertz CT molecular complexity index is 379. The lowest BCUT2D eigenvalue weighted by molar-refractivity contribution is 0.183. The molecule has 1 N–H and O–H groups in total. The molecule has 1 unspecified atom stereocenters. The Labute approximate surface area is 117 Å². The molecule has 1 aliphatic carbocycles. The second-order valence-corrected chi connectivity index (χ2v) is 5.73. The number of hydrogen-bond donors (Lipinski definition) is 1. The maximum atomic E-state index is 4.46. The first-order chi connectivity index (χ1) is 9.25. The molecule has 0 aromatic carbocycles. The Morgan fingerprint density at radius 3 is 2.63 bits per heavy atom. The minimum atomic E-state index is 0.473. The van der Waals surface area contributed by atoms with Gasteiger partial charge in [-0.3, -0.25) is 4.68 Å². The van der Waals surface area contributed by atoms with Crippen LogP contribution < -0.4 is 5.32 Å². The van der Waals surface area contributed by atoms with Gasteiger partial charge in [0.25, 0.3) is 0 Å². The van der Waals surface area contributed by atoms with Crippen LogP contribution in [0.15, 0.2) is 6.33 Å². The second-order valence-electron chi connectivity index (χ2n) is 5.73. The smallest absolute Gasteiger partial charge is 0.138 e. The summed E-state index contributed by atoms with van der Waals surface area (Å²) in [7, 11) is 0. The van der Waals surface area contributed by atoms with E-state index in [9.17, 15) is 0 Å². The minimum Gasteiger partial charge on any atom is -0.313 e. The van der Waals surface area contributed by atoms with Crippen LogP contribution in [0.1, 0.15) is 58.7 Å². The van der Waals surface area contributed by atoms with E-state index in [1.54, 1.807) is 6.33 Å². The van der Waals surface area contributed by atoms with Crippen LogP contribution in [0.25, 0.3) is 0 Å². The lowest BCUT2D eigenvalue weighted by atomic mass is 9.74. The summed E-state index contributed by atoms with van der Waals surface area (Å²) in [6, 6.07) is 0.541. The zero-order chi connectivity index (χ0) is 13.7. The summed E-state index contributed by atoms with van der Waals surface area (Å²) in [6.07, 6.45) is 9.46. The highest BCUT2D eigenvalue weighted by atomic mass is 15.3. The van der Waals surface area contributed by atoms with E-state index in [-0.39, 0.29) is 0 Å². The van der Waals surface area contributed by atoms with Crippen molar-refractivity contribution < 1.29 is 0 Å². The fourth-order valence-corrected chi connectivity index (χ4v) is 3.67. The molecule has 0 aliphatic heterocycles. The highest BCUT2D eigenvalue weighted by Gasteiger charge is 2.39. The fourth-order valence-electron chi connectivity index (χ4n) is 3.67. The first kappa shape index (κ1) is 14.5. The van der Waals surface area contributed by atoms with Crippen molar-refractivity contribution in [1.82, 2.24) is 20.1 Å². The zero-order valence-corrected chi connectivity index (χ0v) is 12.7. The molecule has 2 rings (SSSR count). The number of rotatable bonds is 7. The fraction of sp³-hybridized carbons (Fsp3) is 0.867. The van der Waals surface area contributed by atoms with Gasteiger partial charge in [-0.1, -0.05) is 26.7 Å². The molecule has 1 aromatic heterocycles. The molecule has 1 aromatic rings. The van der Waals surface area contributed by atoms with Gasteiger partial charge in [0.1, 0.15) is 12.2 Å². The van der Waals surface area contributed by atoms with Gasteiger partial charge in [0, 0.05) is 19.0 Å². The third-order valence-electron chi connectivity index (χ3n) is 4.88. The van der Waals surface area contributed by atoms with Crippen LogP contribution in [0.4, 0.5) is 0 Å². The van der Waals surface area contributed by atoms with E-state index in [1.807, 2.05) is 4.68 Å². The van der Waals surface area contributed by atoms with Crippen LogP contribution in [0.5, 0.6) is 0 Å². The maximum absolute atomic E-state index is 4.46. The Morgan fingerprint density at radius 2 is 2.05 bits per heavy atom. The second kappa shape index (κ2) is 6.51. The summed E-state index contributed by atoms with van der Waals surface area (Å²) in [4.78, 5) is 4.46. The molecule has 108 valence electrons. The van der Waals surface area contributed by atoms with Crippen LogP contribution in [-0.4, -0.2) is 27.4 Å². The van der Waals surface area contributed by atoms with Crippen LogP contribution in [0.3, 0.4) is 0 Å². The molecule has 0 spiro atoms. The number of nitrogens with one attached hydrogen (secondary N) is 1. The summed E-state index contributed by atoms with van der Waals surface area (Å²) < 4.78 is 2.03. The van der Waals surface area contributed by atoms with Gasteiger partial charge in [-0.15, -0.1) is 0 Å². The minimum absolute atomic E-state index is 0.473. The van der Waals surface area contributed by atoms with Gasteiger partial charge < -0.3 is 5.32 Å². The molecular formula is C15H28N4. The average Bonchev–Trinajstić information content (AvgIpc) is 3.07. The molecule has 1 saturated carbocycles. The molecule has 0 radical (unpaired) electrons. The Morgan fingerprint density at radius 1 is 1.32 bits per heavy atom. The molecular weight excluding hydrogens is 236 g/mol. The van der Waals surface area contributed by atoms with Crippen LogP contribution >= 0.6 is 0 Å². The van der Waals surface area contributed by atoms with Crippen molar-refractivity contribution in [3.05, 3.63) is 12.2 Å². The van der Waals surface area contributed by atoms with E-state index in [4.69, 9.17) is 0 Å². The Hall–Kier alpha value is -0.900. The molecule has 4 nitrogen and oxygen atoms in total. The highest BCUT2D eigenvalue weighted by Crippen LogP contribution is 2.44. The van der Waals surface area contributed by atoms with Crippen molar-refractivity contribution in [2.75, 3.05) is 6.54 Å². The van der Waals surface area contributed by atoms with Crippen LogP contribution in [0, 0.1) is 5.41 Å². The highest BCUT2D eigenvalue weighted by molar-refractivity contribution is 5.00. The van der Waals surface area contributed by atoms with E-state index in [2.05, 4.69) is 36.2 Å². The molecule has 0 bridgehead atoms. The van der Waals surface area contributed by atoms with Gasteiger partial charge in [0.15, 0.2) is 0 Å². The topological polar surface area (TPSA) is 42.7 Å². The van der Waals surface area contributed by atoms with Crippen molar-refractivity contribution in [1.29, 1.82) is 0 Å². The van der Waals surface area contributed by atoms with E-state index < -0.39 is 0 Å². The van der Waals surface area contributed by atoms with Gasteiger partial charge in [0.05, 0.1) is 0 Å². The molecule has 19 heavy (non-hydrogen) atoms. The van der Waals surface area contributed by atoms with Gasteiger partial charge in [-0.05, 0) is 38.1 Å². The molecule has 0 amide bonds. The summed E-state index contributed by atoms with van der Waals surface area (Å²) in [5.74, 6) is 1.13. The first-order valence-electron chi connectivity index (χ1n) is 7.85. The molecule has 1 aliphatic rings. The largest absolute Gasteiger partial charge is 0.313 e. The first-order valence-corrected chi connectivity index (χ1v) is 7.85. The van der Waals surface area contributed by atoms with Gasteiger partial charge in [-0.2, -0.15) is 5.10 Å². The number of aryl methyl sites for hydroxylation is 1. The quantitative estimate of drug-likeness (QED) is 0.823. The van der Waals surface area contributed by atoms with Crippen molar-refractivity contribution in [3.63, 3.8) is 0 Å². The van der Waals surface area contributed by atoms with Crippen molar-refractivity contribution >= 4 is 0 Å². The van der Waals surface area contributed by atoms with E-state index in [1.165, 1.54) is 32.1 Å². The predicted molar refractivity (Wildman–Crippen MR) is 78.1 cm³/mol. The third kappa shape index (κ3) is 2.99. The standard InChI is InChI=1S/C15H28N4/c1-4-15(9-7-8-10-15)13(16-5-2)11-14-17-12-18-19(14)6-3/h12-13,16H,4-11H2,1-3H3. The molecule has 4 heteroatoms. The molecule has 1 atom stereocenters. The number of aromatic nitrogens is 3. The SMILES string of the molecule is CCNC(Cc1ncnn1CC)C1(CC)CCCC1. The summed E-state index contributed by atoms with van der Waals surface area (Å²) in [5.41, 5.74) is 0.473. The average molecular weight is 264 g/mol. The lowest BCUT2D eigenvalue weighted by Crippen LogP contribution is -2.45. The number of likely N-dealkylation sites (N-methyl/N-ethyl adjacent to an activating group) is 1. The van der Waals surface area contributed by atoms with Gasteiger partial charge >= 0.3 is 0 Å². The number of nitrogens with zero attached hydrogens (tertiary/aromatic N) is 3. The third-order valence-corrected chi connectivity index (χ3v) is 4.88. The van der Waals surface area contributed by atoms with Crippen LogP contribution in [-0.2, 0) is 13.0 Å².